The van der Waals surface area contributed by atoms with Crippen molar-refractivity contribution in [1.29, 1.82) is 0 Å². The zero-order valence-electron chi connectivity index (χ0n) is 19.7. The van der Waals surface area contributed by atoms with Crippen LogP contribution in [0.15, 0.2) is 0 Å². The third kappa shape index (κ3) is 9.04. The van der Waals surface area contributed by atoms with Gasteiger partial charge < -0.3 is 26.6 Å². The number of hydrogen-bond donors (Lipinski definition) is 5. The summed E-state index contributed by atoms with van der Waals surface area (Å²) in [7, 11) is 0. The first kappa shape index (κ1) is 27.8. The number of carbonyl (C=O) groups is 5. The van der Waals surface area contributed by atoms with Gasteiger partial charge in [-0.25, -0.2) is 0 Å². The summed E-state index contributed by atoms with van der Waals surface area (Å²) in [5.74, 6) is -4.66. The van der Waals surface area contributed by atoms with Crippen LogP contribution in [0.1, 0.15) is 44.9 Å². The molecule has 3 fully saturated rings. The van der Waals surface area contributed by atoms with Gasteiger partial charge in [0.15, 0.2) is 5.78 Å². The van der Waals surface area contributed by atoms with Gasteiger partial charge in [-0.2, -0.15) is 0 Å². The minimum Gasteiger partial charge on any atom is -0.356 e. The number of carbonyl (C=O) groups excluding carboxylic acids is 5. The number of amides is 4. The fourth-order valence-corrected chi connectivity index (χ4v) is 4.31. The van der Waals surface area contributed by atoms with E-state index in [1.54, 1.807) is 0 Å². The number of ketones is 1. The Morgan fingerprint density at radius 1 is 0.917 bits per heavy atom. The van der Waals surface area contributed by atoms with Crippen molar-refractivity contribution in [2.75, 3.05) is 26.2 Å². The minimum atomic E-state index is -5.04. The Kier molecular flexibility index (Phi) is 9.65. The van der Waals surface area contributed by atoms with Crippen molar-refractivity contribution in [3.8, 4) is 0 Å². The zero-order valence-corrected chi connectivity index (χ0v) is 19.7. The molecule has 0 aromatic rings. The predicted octanol–water partition coefficient (Wildman–Crippen LogP) is -0.744. The van der Waals surface area contributed by atoms with Crippen LogP contribution < -0.4 is 26.6 Å². The fraction of sp³-hybridized carbons (Fsp3) is 0.773. The van der Waals surface area contributed by atoms with E-state index in [0.717, 1.165) is 12.8 Å². The highest BCUT2D eigenvalue weighted by molar-refractivity contribution is 6.35. The molecule has 0 aromatic heterocycles. The maximum atomic E-state index is 13.0. The standard InChI is InChI=1S/C22H32F3N5O6/c23-22(24,25)36-11-17(31)15(10-13-3-8-27-18(13)32)29-19(33)16(9-12-1-2-12)30-21(35)20(34)28-14-4-6-26-7-5-14/h12-16,26H,1-11H2,(H,27,32)(H,28,34)(H,29,33)(H,30,35)/t13-,15-,16-/m0/s1. The molecule has 1 saturated carbocycles. The molecule has 0 aromatic carbocycles. The quantitative estimate of drug-likeness (QED) is 0.225. The second-order valence-corrected chi connectivity index (χ2v) is 9.48. The fourth-order valence-electron chi connectivity index (χ4n) is 4.31. The summed E-state index contributed by atoms with van der Waals surface area (Å²) < 4.78 is 41.0. The Labute approximate surface area is 206 Å². The predicted molar refractivity (Wildman–Crippen MR) is 118 cm³/mol. The van der Waals surface area contributed by atoms with Gasteiger partial charge in [0.2, 0.25) is 11.8 Å². The molecule has 14 heteroatoms. The third-order valence-electron chi connectivity index (χ3n) is 6.53. The van der Waals surface area contributed by atoms with Crippen molar-refractivity contribution >= 4 is 29.4 Å². The van der Waals surface area contributed by atoms with Crippen LogP contribution >= 0.6 is 0 Å². The van der Waals surface area contributed by atoms with Crippen LogP contribution in [0.3, 0.4) is 0 Å². The number of halogens is 3. The lowest BCUT2D eigenvalue weighted by atomic mass is 9.95. The summed E-state index contributed by atoms with van der Waals surface area (Å²) in [4.78, 5) is 62.4. The molecule has 0 radical (unpaired) electrons. The topological polar surface area (TPSA) is 155 Å². The second-order valence-electron chi connectivity index (χ2n) is 9.48. The lowest BCUT2D eigenvalue weighted by Crippen LogP contribution is -2.56. The van der Waals surface area contributed by atoms with E-state index in [4.69, 9.17) is 0 Å². The van der Waals surface area contributed by atoms with E-state index in [-0.39, 0.29) is 30.7 Å². The number of nitrogens with one attached hydrogen (secondary N) is 5. The van der Waals surface area contributed by atoms with Gasteiger partial charge in [0, 0.05) is 18.5 Å². The smallest absolute Gasteiger partial charge is 0.356 e. The molecule has 0 bridgehead atoms. The molecule has 2 aliphatic heterocycles. The Bertz CT molecular complexity index is 845. The molecule has 11 nitrogen and oxygen atoms in total. The molecule has 3 aliphatic rings. The van der Waals surface area contributed by atoms with Gasteiger partial charge in [0.25, 0.3) is 0 Å². The molecule has 3 rings (SSSR count). The summed E-state index contributed by atoms with van der Waals surface area (Å²) in [6, 6.07) is -2.77. The van der Waals surface area contributed by atoms with Crippen LogP contribution in [-0.4, -0.2) is 80.1 Å². The largest absolute Gasteiger partial charge is 0.522 e. The zero-order chi connectivity index (χ0) is 26.3. The van der Waals surface area contributed by atoms with Crippen molar-refractivity contribution in [1.82, 2.24) is 26.6 Å². The van der Waals surface area contributed by atoms with E-state index in [0.29, 0.717) is 38.9 Å². The molecular weight excluding hydrogens is 487 g/mol. The SMILES string of the molecule is O=C(NC1CCNCC1)C(=O)N[C@@H](CC1CC1)C(=O)N[C@@H](C[C@@H]1CCNC1=O)C(=O)COC(F)(F)F. The van der Waals surface area contributed by atoms with E-state index in [1.807, 2.05) is 0 Å². The molecule has 36 heavy (non-hydrogen) atoms. The van der Waals surface area contributed by atoms with Crippen molar-refractivity contribution in [2.45, 2.75) is 69.4 Å². The highest BCUT2D eigenvalue weighted by Crippen LogP contribution is 2.33. The molecule has 0 spiro atoms. The van der Waals surface area contributed by atoms with Crippen LogP contribution in [0, 0.1) is 11.8 Å². The molecule has 3 atom stereocenters. The van der Waals surface area contributed by atoms with Crippen LogP contribution in [0.2, 0.25) is 0 Å². The highest BCUT2D eigenvalue weighted by Gasteiger charge is 2.37. The number of rotatable bonds is 11. The number of Topliss-reactive ketones (excluding diaryl/α,β-unsaturated/α-hetero) is 1. The van der Waals surface area contributed by atoms with Crippen LogP contribution in [0.5, 0.6) is 0 Å². The van der Waals surface area contributed by atoms with E-state index in [2.05, 4.69) is 31.3 Å². The number of hydrogen-bond acceptors (Lipinski definition) is 7. The Hall–Kier alpha value is -2.74. The van der Waals surface area contributed by atoms with E-state index < -0.39 is 54.5 Å². The molecule has 1 aliphatic carbocycles. The van der Waals surface area contributed by atoms with E-state index in [9.17, 15) is 37.1 Å². The summed E-state index contributed by atoms with van der Waals surface area (Å²) in [6.45, 7) is 0.419. The lowest BCUT2D eigenvalue weighted by Gasteiger charge is -2.25. The van der Waals surface area contributed by atoms with E-state index >= 15 is 0 Å². The van der Waals surface area contributed by atoms with Crippen LogP contribution in [0.25, 0.3) is 0 Å². The van der Waals surface area contributed by atoms with Crippen molar-refractivity contribution < 1.29 is 41.9 Å². The summed E-state index contributed by atoms with van der Waals surface area (Å²) >= 11 is 0. The molecule has 5 N–H and O–H groups in total. The lowest BCUT2D eigenvalue weighted by molar-refractivity contribution is -0.321. The Morgan fingerprint density at radius 2 is 1.61 bits per heavy atom. The van der Waals surface area contributed by atoms with Crippen LogP contribution in [0.4, 0.5) is 13.2 Å². The van der Waals surface area contributed by atoms with Gasteiger partial charge in [-0.3, -0.25) is 28.7 Å². The molecular formula is C22H32F3N5O6. The van der Waals surface area contributed by atoms with Gasteiger partial charge in [0.1, 0.15) is 12.6 Å². The Morgan fingerprint density at radius 3 is 2.19 bits per heavy atom. The van der Waals surface area contributed by atoms with Gasteiger partial charge in [-0.15, -0.1) is 13.2 Å². The summed E-state index contributed by atoms with van der Waals surface area (Å²) in [5, 5.41) is 13.1. The van der Waals surface area contributed by atoms with Crippen molar-refractivity contribution in [3.63, 3.8) is 0 Å². The van der Waals surface area contributed by atoms with Crippen molar-refractivity contribution in [2.24, 2.45) is 11.8 Å². The average molecular weight is 520 g/mol. The maximum Gasteiger partial charge on any atom is 0.522 e. The van der Waals surface area contributed by atoms with Crippen molar-refractivity contribution in [3.05, 3.63) is 0 Å². The minimum absolute atomic E-state index is 0.136. The Balaban J connectivity index is 1.63. The third-order valence-corrected chi connectivity index (χ3v) is 6.53. The van der Waals surface area contributed by atoms with E-state index in [1.165, 1.54) is 0 Å². The van der Waals surface area contributed by atoms with Gasteiger partial charge >= 0.3 is 18.2 Å². The molecule has 2 heterocycles. The van der Waals surface area contributed by atoms with Crippen LogP contribution in [-0.2, 0) is 28.7 Å². The van der Waals surface area contributed by atoms with Gasteiger partial charge in [-0.1, -0.05) is 12.8 Å². The number of piperidine rings is 1. The molecule has 202 valence electrons. The average Bonchev–Trinajstić information content (AvgIpc) is 3.56. The first-order chi connectivity index (χ1) is 17.0. The summed E-state index contributed by atoms with van der Waals surface area (Å²) in [6.07, 6.45) is -1.72. The molecule has 4 amide bonds. The first-order valence-corrected chi connectivity index (χ1v) is 12.2. The number of ether oxygens (including phenoxy) is 1. The monoisotopic (exact) mass is 519 g/mol. The van der Waals surface area contributed by atoms with Gasteiger partial charge in [-0.05, 0) is 51.1 Å². The summed E-state index contributed by atoms with van der Waals surface area (Å²) in [5.41, 5.74) is 0. The second kappa shape index (κ2) is 12.5. The molecule has 2 saturated heterocycles. The molecule has 0 unspecified atom stereocenters. The normalized spacial score (nSPS) is 22.3. The van der Waals surface area contributed by atoms with Gasteiger partial charge in [0.05, 0.1) is 6.04 Å². The first-order valence-electron chi connectivity index (χ1n) is 12.2. The highest BCUT2D eigenvalue weighted by atomic mass is 19.4. The number of alkyl halides is 3. The maximum absolute atomic E-state index is 13.0.